The van der Waals surface area contributed by atoms with Gasteiger partial charge in [0.15, 0.2) is 0 Å². The molecule has 2 heterocycles. The average molecular weight is 280 g/mol. The van der Waals surface area contributed by atoms with Crippen molar-refractivity contribution < 1.29 is 9.47 Å². The largest absolute Gasteiger partial charge is 0.376 e. The molecule has 1 fully saturated rings. The van der Waals surface area contributed by atoms with Crippen molar-refractivity contribution in [2.45, 2.75) is 20.0 Å². The van der Waals surface area contributed by atoms with Gasteiger partial charge in [-0.1, -0.05) is 0 Å². The lowest BCUT2D eigenvalue weighted by Crippen LogP contribution is -2.39. The second-order valence-corrected chi connectivity index (χ2v) is 5.40. The zero-order valence-corrected chi connectivity index (χ0v) is 13.0. The van der Waals surface area contributed by atoms with Crippen LogP contribution in [0.25, 0.3) is 0 Å². The van der Waals surface area contributed by atoms with Gasteiger partial charge in [0.05, 0.1) is 25.9 Å². The van der Waals surface area contributed by atoms with E-state index in [1.807, 2.05) is 33.0 Å². The van der Waals surface area contributed by atoms with Crippen LogP contribution in [0.15, 0.2) is 0 Å². The molecule has 0 spiro atoms. The third kappa shape index (κ3) is 3.37. The van der Waals surface area contributed by atoms with Crippen molar-refractivity contribution in [3.8, 4) is 0 Å². The van der Waals surface area contributed by atoms with E-state index in [0.717, 1.165) is 29.6 Å². The standard InChI is InChI=1S/C14H24N4O2/c1-10-11(2)15-14(17(3)4)16-13(10)18(5)8-12-9-19-6-7-20-12/h12H,6-9H2,1-5H3/t12-/m1/s1. The first kappa shape index (κ1) is 15.0. The summed E-state index contributed by atoms with van der Waals surface area (Å²) in [6.45, 7) is 6.85. The third-order valence-electron chi connectivity index (χ3n) is 3.48. The summed E-state index contributed by atoms with van der Waals surface area (Å²) in [4.78, 5) is 13.2. The minimum atomic E-state index is 0.103. The van der Waals surface area contributed by atoms with Gasteiger partial charge in [0.25, 0.3) is 0 Å². The molecule has 1 saturated heterocycles. The molecule has 1 aliphatic heterocycles. The Bertz CT molecular complexity index is 459. The lowest BCUT2D eigenvalue weighted by molar-refractivity contribution is -0.0837. The van der Waals surface area contributed by atoms with E-state index in [9.17, 15) is 0 Å². The Hall–Kier alpha value is -1.40. The van der Waals surface area contributed by atoms with Gasteiger partial charge in [-0.2, -0.15) is 4.98 Å². The van der Waals surface area contributed by atoms with Gasteiger partial charge in [-0.25, -0.2) is 4.98 Å². The summed E-state index contributed by atoms with van der Waals surface area (Å²) in [6.07, 6.45) is 0.103. The average Bonchev–Trinajstić information content (AvgIpc) is 2.42. The van der Waals surface area contributed by atoms with E-state index in [-0.39, 0.29) is 6.10 Å². The topological polar surface area (TPSA) is 50.7 Å². The van der Waals surface area contributed by atoms with Gasteiger partial charge in [0.1, 0.15) is 5.82 Å². The van der Waals surface area contributed by atoms with Gasteiger partial charge in [-0.05, 0) is 13.8 Å². The first-order chi connectivity index (χ1) is 9.49. The number of aromatic nitrogens is 2. The molecule has 1 aliphatic rings. The Kier molecular flexibility index (Phi) is 4.77. The molecule has 0 aromatic carbocycles. The van der Waals surface area contributed by atoms with E-state index >= 15 is 0 Å². The van der Waals surface area contributed by atoms with Crippen LogP contribution in [0.1, 0.15) is 11.3 Å². The summed E-state index contributed by atoms with van der Waals surface area (Å²) in [5.41, 5.74) is 2.11. The summed E-state index contributed by atoms with van der Waals surface area (Å²) < 4.78 is 11.1. The summed E-state index contributed by atoms with van der Waals surface area (Å²) in [5.74, 6) is 1.69. The number of hydrogen-bond donors (Lipinski definition) is 0. The fourth-order valence-corrected chi connectivity index (χ4v) is 2.20. The molecule has 1 atom stereocenters. The van der Waals surface area contributed by atoms with Crippen molar-refractivity contribution in [1.29, 1.82) is 0 Å². The van der Waals surface area contributed by atoms with Crippen LogP contribution in [0.3, 0.4) is 0 Å². The van der Waals surface area contributed by atoms with Crippen molar-refractivity contribution >= 4 is 11.8 Å². The van der Waals surface area contributed by atoms with Crippen molar-refractivity contribution in [2.75, 3.05) is 57.3 Å². The van der Waals surface area contributed by atoms with Crippen LogP contribution < -0.4 is 9.80 Å². The van der Waals surface area contributed by atoms with Gasteiger partial charge < -0.3 is 19.3 Å². The van der Waals surface area contributed by atoms with Gasteiger partial charge in [0, 0.05) is 38.9 Å². The van der Waals surface area contributed by atoms with Gasteiger partial charge >= 0.3 is 0 Å². The highest BCUT2D eigenvalue weighted by Gasteiger charge is 2.19. The molecule has 1 aromatic heterocycles. The highest BCUT2D eigenvalue weighted by Crippen LogP contribution is 2.22. The molecule has 0 unspecified atom stereocenters. The number of hydrogen-bond acceptors (Lipinski definition) is 6. The summed E-state index contributed by atoms with van der Waals surface area (Å²) >= 11 is 0. The molecule has 0 amide bonds. The second kappa shape index (κ2) is 6.37. The van der Waals surface area contributed by atoms with Crippen molar-refractivity contribution in [2.24, 2.45) is 0 Å². The second-order valence-electron chi connectivity index (χ2n) is 5.40. The molecular formula is C14H24N4O2. The van der Waals surface area contributed by atoms with Gasteiger partial charge in [-0.3, -0.25) is 0 Å². The fourth-order valence-electron chi connectivity index (χ4n) is 2.20. The van der Waals surface area contributed by atoms with Crippen LogP contribution >= 0.6 is 0 Å². The molecule has 1 aromatic rings. The number of nitrogens with zero attached hydrogens (tertiary/aromatic N) is 4. The highest BCUT2D eigenvalue weighted by molar-refractivity contribution is 5.51. The van der Waals surface area contributed by atoms with Gasteiger partial charge in [0.2, 0.25) is 5.95 Å². The van der Waals surface area contributed by atoms with Crippen LogP contribution in [-0.2, 0) is 9.47 Å². The Labute approximate surface area is 120 Å². The molecule has 20 heavy (non-hydrogen) atoms. The molecule has 0 N–H and O–H groups in total. The van der Waals surface area contributed by atoms with E-state index in [2.05, 4.69) is 21.8 Å². The van der Waals surface area contributed by atoms with E-state index in [1.165, 1.54) is 0 Å². The number of aryl methyl sites for hydroxylation is 1. The maximum Gasteiger partial charge on any atom is 0.227 e. The Morgan fingerprint density at radius 3 is 2.50 bits per heavy atom. The third-order valence-corrected chi connectivity index (χ3v) is 3.48. The first-order valence-corrected chi connectivity index (χ1v) is 6.92. The molecular weight excluding hydrogens is 256 g/mol. The monoisotopic (exact) mass is 280 g/mol. The molecule has 0 saturated carbocycles. The molecule has 2 rings (SSSR count). The number of anilines is 2. The predicted molar refractivity (Wildman–Crippen MR) is 79.7 cm³/mol. The maximum absolute atomic E-state index is 5.70. The summed E-state index contributed by atoms with van der Waals surface area (Å²) in [5, 5.41) is 0. The zero-order chi connectivity index (χ0) is 14.7. The Morgan fingerprint density at radius 1 is 1.15 bits per heavy atom. The van der Waals surface area contributed by atoms with E-state index < -0.39 is 0 Å². The van der Waals surface area contributed by atoms with Crippen molar-refractivity contribution in [3.63, 3.8) is 0 Å². The SMILES string of the molecule is Cc1nc(N(C)C)nc(N(C)C[C@@H]2COCCO2)c1C. The van der Waals surface area contributed by atoms with Crippen LogP contribution in [0.4, 0.5) is 11.8 Å². The Morgan fingerprint density at radius 2 is 1.90 bits per heavy atom. The normalized spacial score (nSPS) is 18.9. The maximum atomic E-state index is 5.70. The van der Waals surface area contributed by atoms with E-state index in [0.29, 0.717) is 19.8 Å². The number of rotatable bonds is 4. The predicted octanol–water partition coefficient (Wildman–Crippen LogP) is 1.01. The first-order valence-electron chi connectivity index (χ1n) is 6.92. The highest BCUT2D eigenvalue weighted by atomic mass is 16.6. The zero-order valence-electron chi connectivity index (χ0n) is 13.0. The Balaban J connectivity index is 2.17. The molecule has 0 aliphatic carbocycles. The van der Waals surface area contributed by atoms with Crippen molar-refractivity contribution in [3.05, 3.63) is 11.3 Å². The van der Waals surface area contributed by atoms with Crippen LogP contribution in [-0.4, -0.2) is 63.6 Å². The lowest BCUT2D eigenvalue weighted by Gasteiger charge is -2.29. The van der Waals surface area contributed by atoms with Crippen LogP contribution in [0.2, 0.25) is 0 Å². The number of likely N-dealkylation sites (N-methyl/N-ethyl adjacent to an activating group) is 1. The molecule has 0 bridgehead atoms. The van der Waals surface area contributed by atoms with Gasteiger partial charge in [-0.15, -0.1) is 0 Å². The van der Waals surface area contributed by atoms with Crippen LogP contribution in [0, 0.1) is 13.8 Å². The summed E-state index contributed by atoms with van der Waals surface area (Å²) in [7, 11) is 5.93. The minimum Gasteiger partial charge on any atom is -0.376 e. The summed E-state index contributed by atoms with van der Waals surface area (Å²) in [6, 6.07) is 0. The molecule has 6 heteroatoms. The fraction of sp³-hybridized carbons (Fsp3) is 0.714. The van der Waals surface area contributed by atoms with E-state index in [4.69, 9.17) is 9.47 Å². The molecule has 6 nitrogen and oxygen atoms in total. The molecule has 112 valence electrons. The van der Waals surface area contributed by atoms with E-state index in [1.54, 1.807) is 0 Å². The lowest BCUT2D eigenvalue weighted by atomic mass is 10.2. The van der Waals surface area contributed by atoms with Crippen LogP contribution in [0.5, 0.6) is 0 Å². The quantitative estimate of drug-likeness (QED) is 0.820. The molecule has 0 radical (unpaired) electrons. The number of ether oxygens (including phenoxy) is 2. The minimum absolute atomic E-state index is 0.103. The smallest absolute Gasteiger partial charge is 0.227 e. The van der Waals surface area contributed by atoms with Crippen molar-refractivity contribution in [1.82, 2.24) is 9.97 Å².